The van der Waals surface area contributed by atoms with Crippen molar-refractivity contribution < 1.29 is 19.0 Å². The zero-order chi connectivity index (χ0) is 16.9. The Morgan fingerprint density at radius 3 is 2.09 bits per heavy atom. The summed E-state index contributed by atoms with van der Waals surface area (Å²) < 4.78 is 19.0. The van der Waals surface area contributed by atoms with Gasteiger partial charge >= 0.3 is 5.97 Å². The number of benzene rings is 1. The molecular weight excluding hydrogens is 295 g/mol. The van der Waals surface area contributed by atoms with Crippen LogP contribution >= 0.6 is 0 Å². The molecule has 3 nitrogen and oxygen atoms in total. The standard InChI is InChI=1S/C19H29FO3/c1-2-3-4-5-6-7-8-9-10-11-14-23-18-13-12-16(19(21)22)15-17(18)20/h12-13,15H,2-11,14H2,1H3,(H,21,22). The smallest absolute Gasteiger partial charge is 0.335 e. The van der Waals surface area contributed by atoms with Crippen molar-refractivity contribution in [2.45, 2.75) is 71.1 Å². The number of ether oxygens (including phenoxy) is 1. The molecule has 23 heavy (non-hydrogen) atoms. The van der Waals surface area contributed by atoms with Crippen LogP contribution in [0.2, 0.25) is 0 Å². The Kier molecular flexibility index (Phi) is 10.1. The third-order valence-electron chi connectivity index (χ3n) is 3.93. The molecule has 0 aromatic heterocycles. The fraction of sp³-hybridized carbons (Fsp3) is 0.632. The molecule has 0 atom stereocenters. The minimum absolute atomic E-state index is 0.0613. The highest BCUT2D eigenvalue weighted by Crippen LogP contribution is 2.19. The normalized spacial score (nSPS) is 10.7. The minimum atomic E-state index is -1.13. The van der Waals surface area contributed by atoms with Gasteiger partial charge in [-0.05, 0) is 24.6 Å². The molecule has 0 radical (unpaired) electrons. The van der Waals surface area contributed by atoms with Crippen LogP contribution in [0.1, 0.15) is 81.5 Å². The van der Waals surface area contributed by atoms with Crippen molar-refractivity contribution in [2.75, 3.05) is 6.61 Å². The van der Waals surface area contributed by atoms with E-state index in [1.807, 2.05) is 0 Å². The van der Waals surface area contributed by atoms with Gasteiger partial charge in [-0.15, -0.1) is 0 Å². The molecule has 0 aliphatic heterocycles. The highest BCUT2D eigenvalue weighted by molar-refractivity contribution is 5.87. The molecule has 0 aliphatic rings. The average Bonchev–Trinajstić information content (AvgIpc) is 2.53. The van der Waals surface area contributed by atoms with Gasteiger partial charge in [0.2, 0.25) is 0 Å². The molecule has 1 rings (SSSR count). The summed E-state index contributed by atoms with van der Waals surface area (Å²) in [6.45, 7) is 2.70. The van der Waals surface area contributed by atoms with Crippen LogP contribution in [0.25, 0.3) is 0 Å². The summed E-state index contributed by atoms with van der Waals surface area (Å²) in [5, 5.41) is 8.77. The van der Waals surface area contributed by atoms with E-state index in [0.717, 1.165) is 18.9 Å². The monoisotopic (exact) mass is 324 g/mol. The van der Waals surface area contributed by atoms with Gasteiger partial charge in [-0.3, -0.25) is 0 Å². The first kappa shape index (κ1) is 19.5. The van der Waals surface area contributed by atoms with Crippen LogP contribution in [0.3, 0.4) is 0 Å². The van der Waals surface area contributed by atoms with Gasteiger partial charge in [0.15, 0.2) is 11.6 Å². The van der Waals surface area contributed by atoms with Crippen molar-refractivity contribution in [2.24, 2.45) is 0 Å². The van der Waals surface area contributed by atoms with E-state index >= 15 is 0 Å². The second kappa shape index (κ2) is 11.9. The molecule has 0 heterocycles. The number of halogens is 1. The molecule has 0 saturated heterocycles. The first-order valence-electron chi connectivity index (χ1n) is 8.80. The summed E-state index contributed by atoms with van der Waals surface area (Å²) in [6.07, 6.45) is 12.4. The number of hydrogen-bond acceptors (Lipinski definition) is 2. The maximum absolute atomic E-state index is 13.6. The largest absolute Gasteiger partial charge is 0.491 e. The molecule has 0 bridgehead atoms. The van der Waals surface area contributed by atoms with Crippen molar-refractivity contribution in [1.82, 2.24) is 0 Å². The fourth-order valence-corrected chi connectivity index (χ4v) is 2.52. The number of carboxylic acids is 1. The van der Waals surface area contributed by atoms with E-state index in [1.54, 1.807) is 0 Å². The number of aromatic carboxylic acids is 1. The Bertz CT molecular complexity index is 460. The molecular formula is C19H29FO3. The van der Waals surface area contributed by atoms with Gasteiger partial charge in [0, 0.05) is 0 Å². The number of hydrogen-bond donors (Lipinski definition) is 1. The van der Waals surface area contributed by atoms with Crippen LogP contribution in [-0.2, 0) is 0 Å². The second-order valence-corrected chi connectivity index (χ2v) is 5.98. The zero-order valence-electron chi connectivity index (χ0n) is 14.2. The first-order chi connectivity index (χ1) is 11.1. The van der Waals surface area contributed by atoms with Crippen LogP contribution in [0.5, 0.6) is 5.75 Å². The topological polar surface area (TPSA) is 46.5 Å². The molecule has 1 aromatic carbocycles. The molecule has 1 N–H and O–H groups in total. The maximum atomic E-state index is 13.6. The van der Waals surface area contributed by atoms with E-state index in [-0.39, 0.29) is 11.3 Å². The second-order valence-electron chi connectivity index (χ2n) is 5.98. The lowest BCUT2D eigenvalue weighted by Crippen LogP contribution is -2.02. The van der Waals surface area contributed by atoms with Crippen molar-refractivity contribution in [3.05, 3.63) is 29.6 Å². The van der Waals surface area contributed by atoms with E-state index in [9.17, 15) is 9.18 Å². The summed E-state index contributed by atoms with van der Waals surface area (Å²) in [5.41, 5.74) is -0.0613. The Hall–Kier alpha value is -1.58. The number of rotatable bonds is 13. The van der Waals surface area contributed by atoms with Gasteiger partial charge in [0.05, 0.1) is 12.2 Å². The quantitative estimate of drug-likeness (QED) is 0.465. The third-order valence-corrected chi connectivity index (χ3v) is 3.93. The lowest BCUT2D eigenvalue weighted by molar-refractivity contribution is 0.0696. The summed E-state index contributed by atoms with van der Waals surface area (Å²) in [5.74, 6) is -1.62. The maximum Gasteiger partial charge on any atom is 0.335 e. The van der Waals surface area contributed by atoms with Crippen molar-refractivity contribution in [3.8, 4) is 5.75 Å². The van der Waals surface area contributed by atoms with Crippen LogP contribution in [0.4, 0.5) is 4.39 Å². The van der Waals surface area contributed by atoms with Crippen LogP contribution in [0, 0.1) is 5.82 Å². The fourth-order valence-electron chi connectivity index (χ4n) is 2.52. The van der Waals surface area contributed by atoms with Crippen LogP contribution in [0.15, 0.2) is 18.2 Å². The van der Waals surface area contributed by atoms with Gasteiger partial charge in [-0.1, -0.05) is 64.7 Å². The number of unbranched alkanes of at least 4 members (excludes halogenated alkanes) is 9. The molecule has 0 aliphatic carbocycles. The molecule has 4 heteroatoms. The summed E-state index contributed by atoms with van der Waals surface area (Å²) in [7, 11) is 0. The van der Waals surface area contributed by atoms with E-state index in [4.69, 9.17) is 9.84 Å². The molecule has 0 amide bonds. The summed E-state index contributed by atoms with van der Waals surface area (Å²) in [6, 6.07) is 3.74. The summed E-state index contributed by atoms with van der Waals surface area (Å²) in [4.78, 5) is 10.7. The predicted octanol–water partition coefficient (Wildman–Crippen LogP) is 5.82. The molecule has 0 fully saturated rings. The van der Waals surface area contributed by atoms with Crippen molar-refractivity contribution >= 4 is 5.97 Å². The molecule has 1 aromatic rings. The van der Waals surface area contributed by atoms with Gasteiger partial charge in [-0.25, -0.2) is 9.18 Å². The third kappa shape index (κ3) is 8.58. The Morgan fingerprint density at radius 1 is 1.00 bits per heavy atom. The Balaban J connectivity index is 2.04. The first-order valence-corrected chi connectivity index (χ1v) is 8.80. The molecule has 0 saturated carbocycles. The lowest BCUT2D eigenvalue weighted by Gasteiger charge is -2.07. The van der Waals surface area contributed by atoms with Crippen molar-refractivity contribution in [3.63, 3.8) is 0 Å². The summed E-state index contributed by atoms with van der Waals surface area (Å²) >= 11 is 0. The molecule has 0 unspecified atom stereocenters. The van der Waals surface area contributed by atoms with Gasteiger partial charge in [0.1, 0.15) is 0 Å². The molecule has 130 valence electrons. The zero-order valence-corrected chi connectivity index (χ0v) is 14.2. The number of carbonyl (C=O) groups is 1. The van der Waals surface area contributed by atoms with E-state index in [0.29, 0.717) is 6.61 Å². The van der Waals surface area contributed by atoms with Crippen LogP contribution in [-0.4, -0.2) is 17.7 Å². The van der Waals surface area contributed by atoms with Gasteiger partial charge < -0.3 is 9.84 Å². The Morgan fingerprint density at radius 2 is 1.57 bits per heavy atom. The minimum Gasteiger partial charge on any atom is -0.491 e. The van der Waals surface area contributed by atoms with Gasteiger partial charge in [-0.2, -0.15) is 0 Å². The predicted molar refractivity (Wildman–Crippen MR) is 90.7 cm³/mol. The van der Waals surface area contributed by atoms with Gasteiger partial charge in [0.25, 0.3) is 0 Å². The molecule has 0 spiro atoms. The van der Waals surface area contributed by atoms with Crippen LogP contribution < -0.4 is 4.74 Å². The van der Waals surface area contributed by atoms with E-state index in [2.05, 4.69) is 6.92 Å². The van der Waals surface area contributed by atoms with E-state index in [1.165, 1.54) is 63.5 Å². The van der Waals surface area contributed by atoms with E-state index < -0.39 is 11.8 Å². The SMILES string of the molecule is CCCCCCCCCCCCOc1ccc(C(=O)O)cc1F. The van der Waals surface area contributed by atoms with Crippen molar-refractivity contribution in [1.29, 1.82) is 0 Å². The Labute approximate surface area is 138 Å². The number of carboxylic acid groups (broad SMARTS) is 1. The highest BCUT2D eigenvalue weighted by Gasteiger charge is 2.08. The lowest BCUT2D eigenvalue weighted by atomic mass is 10.1. The average molecular weight is 324 g/mol. The highest BCUT2D eigenvalue weighted by atomic mass is 19.1.